The minimum Gasteiger partial charge on any atom is -0.397 e. The molecule has 1 aromatic carbocycles. The van der Waals surface area contributed by atoms with Crippen molar-refractivity contribution >= 4 is 41.6 Å². The molecule has 9 heteroatoms. The maximum atomic E-state index is 6.26. The van der Waals surface area contributed by atoms with Crippen molar-refractivity contribution in [3.05, 3.63) is 72.7 Å². The van der Waals surface area contributed by atoms with Crippen molar-refractivity contribution in [3.8, 4) is 0 Å². The van der Waals surface area contributed by atoms with Crippen LogP contribution < -0.4 is 21.8 Å². The van der Waals surface area contributed by atoms with Gasteiger partial charge in [0.2, 0.25) is 0 Å². The molecule has 0 amide bonds. The molecule has 2 aromatic heterocycles. The quantitative estimate of drug-likeness (QED) is 0.277. The van der Waals surface area contributed by atoms with Crippen LogP contribution in [0.15, 0.2) is 61.6 Å². The number of nitrogens with one attached hydrogen (secondary N) is 1. The predicted molar refractivity (Wildman–Crippen MR) is 146 cm³/mol. The van der Waals surface area contributed by atoms with Gasteiger partial charge in [-0.05, 0) is 40.7 Å². The molecule has 0 spiro atoms. The first-order valence-corrected chi connectivity index (χ1v) is 11.7. The Hall–Kier alpha value is -3.56. The molecule has 8 nitrogen and oxygen atoms in total. The van der Waals surface area contributed by atoms with Crippen molar-refractivity contribution in [1.82, 2.24) is 19.9 Å². The number of pyridine rings is 2. The van der Waals surface area contributed by atoms with Crippen LogP contribution in [0.3, 0.4) is 0 Å². The molecule has 2 radical (unpaired) electrons. The zero-order chi connectivity index (χ0) is 25.2. The Bertz CT molecular complexity index is 1240. The Morgan fingerprint density at radius 1 is 1.09 bits per heavy atom. The standard InChI is InChI=1S/C26H33BN8/c1-18(19-7-8-30-25(15-19)34-9-11-35(12-10-34)26(2,3)27)32-24-14-22-13-20(23(28)17-33(4)29)5-6-21(22)16-31-24/h5-8,13-17H,1,9-12,28-29H2,2-4H3,(H,31,32)/b23-17-. The highest BCUT2D eigenvalue weighted by molar-refractivity contribution is 6.14. The molecular formula is C26H33BN8. The number of aromatic nitrogens is 2. The molecule has 1 aliphatic rings. The second kappa shape index (κ2) is 9.97. The van der Waals surface area contributed by atoms with Crippen molar-refractivity contribution in [2.75, 3.05) is 43.4 Å². The van der Waals surface area contributed by atoms with Crippen molar-refractivity contribution < 1.29 is 0 Å². The number of hydrogen-bond acceptors (Lipinski definition) is 8. The summed E-state index contributed by atoms with van der Waals surface area (Å²) in [7, 11) is 7.99. The molecule has 1 saturated heterocycles. The van der Waals surface area contributed by atoms with E-state index in [4.69, 9.17) is 19.4 Å². The lowest BCUT2D eigenvalue weighted by atomic mass is 9.79. The van der Waals surface area contributed by atoms with Gasteiger partial charge in [-0.1, -0.05) is 32.6 Å². The number of rotatable bonds is 7. The van der Waals surface area contributed by atoms with Gasteiger partial charge < -0.3 is 25.9 Å². The number of hydrazine groups is 1. The lowest BCUT2D eigenvalue weighted by molar-refractivity contribution is 0.178. The fourth-order valence-electron chi connectivity index (χ4n) is 4.20. The molecule has 0 unspecified atom stereocenters. The molecule has 0 atom stereocenters. The van der Waals surface area contributed by atoms with Gasteiger partial charge in [0.15, 0.2) is 0 Å². The molecule has 0 saturated carbocycles. The number of nitrogens with two attached hydrogens (primary N) is 2. The summed E-state index contributed by atoms with van der Waals surface area (Å²) < 4.78 is 0. The van der Waals surface area contributed by atoms with E-state index in [9.17, 15) is 0 Å². The third-order valence-corrected chi connectivity index (χ3v) is 6.19. The fourth-order valence-corrected chi connectivity index (χ4v) is 4.20. The summed E-state index contributed by atoms with van der Waals surface area (Å²) >= 11 is 0. The van der Waals surface area contributed by atoms with Crippen molar-refractivity contribution in [1.29, 1.82) is 0 Å². The molecule has 3 aromatic rings. The molecular weight excluding hydrogens is 435 g/mol. The lowest BCUT2D eigenvalue weighted by Crippen LogP contribution is -2.55. The smallest absolute Gasteiger partial charge is 0.130 e. The van der Waals surface area contributed by atoms with Gasteiger partial charge in [0.1, 0.15) is 11.6 Å². The first-order valence-electron chi connectivity index (χ1n) is 11.7. The summed E-state index contributed by atoms with van der Waals surface area (Å²) in [5.74, 6) is 7.33. The Labute approximate surface area is 208 Å². The predicted octanol–water partition coefficient (Wildman–Crippen LogP) is 2.80. The Balaban J connectivity index is 1.48. The molecule has 0 aliphatic carbocycles. The molecule has 0 bridgehead atoms. The van der Waals surface area contributed by atoms with Gasteiger partial charge in [0.05, 0.1) is 13.5 Å². The summed E-state index contributed by atoms with van der Waals surface area (Å²) in [5.41, 5.74) is 9.05. The van der Waals surface area contributed by atoms with Gasteiger partial charge in [0.25, 0.3) is 0 Å². The molecule has 4 rings (SSSR count). The number of anilines is 2. The highest BCUT2D eigenvalue weighted by atomic mass is 15.4. The maximum absolute atomic E-state index is 6.26. The van der Waals surface area contributed by atoms with Crippen LogP contribution in [0.25, 0.3) is 22.2 Å². The normalized spacial score (nSPS) is 15.3. The minimum absolute atomic E-state index is 0.310. The van der Waals surface area contributed by atoms with Gasteiger partial charge in [-0.3, -0.25) is 0 Å². The van der Waals surface area contributed by atoms with Crippen molar-refractivity contribution in [2.24, 2.45) is 11.6 Å². The summed E-state index contributed by atoms with van der Waals surface area (Å²) in [6, 6.07) is 12.0. The van der Waals surface area contributed by atoms with E-state index in [2.05, 4.69) is 37.7 Å². The molecule has 3 heterocycles. The molecule has 1 fully saturated rings. The number of nitrogens with zero attached hydrogens (tertiary/aromatic N) is 5. The van der Waals surface area contributed by atoms with E-state index in [0.717, 1.165) is 59.6 Å². The summed E-state index contributed by atoms with van der Waals surface area (Å²) in [6.45, 7) is 11.9. The molecule has 180 valence electrons. The average Bonchev–Trinajstić information content (AvgIpc) is 2.83. The summed E-state index contributed by atoms with van der Waals surface area (Å²) in [5, 5.41) is 6.81. The van der Waals surface area contributed by atoms with Crippen LogP contribution in [0.5, 0.6) is 0 Å². The van der Waals surface area contributed by atoms with Crippen LogP contribution in [0.2, 0.25) is 0 Å². The van der Waals surface area contributed by atoms with Crippen molar-refractivity contribution in [3.63, 3.8) is 0 Å². The second-order valence-electron chi connectivity index (χ2n) is 9.52. The van der Waals surface area contributed by atoms with E-state index < -0.39 is 0 Å². The maximum Gasteiger partial charge on any atom is 0.130 e. The van der Waals surface area contributed by atoms with Crippen LogP contribution in [0, 0.1) is 0 Å². The lowest BCUT2D eigenvalue weighted by Gasteiger charge is -2.43. The van der Waals surface area contributed by atoms with Gasteiger partial charge in [-0.2, -0.15) is 0 Å². The molecule has 1 aliphatic heterocycles. The third-order valence-electron chi connectivity index (χ3n) is 6.19. The fraction of sp³-hybridized carbons (Fsp3) is 0.308. The Morgan fingerprint density at radius 2 is 1.83 bits per heavy atom. The van der Waals surface area contributed by atoms with E-state index in [0.29, 0.717) is 11.5 Å². The minimum atomic E-state index is -0.310. The van der Waals surface area contributed by atoms with Crippen LogP contribution in [0.1, 0.15) is 25.0 Å². The zero-order valence-corrected chi connectivity index (χ0v) is 20.7. The number of benzene rings is 1. The van der Waals surface area contributed by atoms with Gasteiger partial charge >= 0.3 is 0 Å². The first kappa shape index (κ1) is 24.6. The highest BCUT2D eigenvalue weighted by Gasteiger charge is 2.26. The van der Waals surface area contributed by atoms with Gasteiger partial charge in [-0.15, -0.1) is 0 Å². The van der Waals surface area contributed by atoms with Crippen LogP contribution in [-0.2, 0) is 0 Å². The molecule has 35 heavy (non-hydrogen) atoms. The van der Waals surface area contributed by atoms with Crippen LogP contribution >= 0.6 is 0 Å². The Morgan fingerprint density at radius 3 is 2.51 bits per heavy atom. The van der Waals surface area contributed by atoms with E-state index >= 15 is 0 Å². The SMILES string of the molecule is [B]C(C)(C)N1CCN(c2cc(C(=C)Nc3cc4cc(/C(N)=C/N(C)N)ccc4cn3)ccn2)CC1. The van der Waals surface area contributed by atoms with E-state index in [1.807, 2.05) is 56.6 Å². The summed E-state index contributed by atoms with van der Waals surface area (Å²) in [4.78, 5) is 13.7. The van der Waals surface area contributed by atoms with Crippen molar-refractivity contribution in [2.45, 2.75) is 19.3 Å². The average molecular weight is 468 g/mol. The van der Waals surface area contributed by atoms with E-state index in [1.165, 1.54) is 5.01 Å². The topological polar surface area (TPSA) is 99.6 Å². The zero-order valence-electron chi connectivity index (χ0n) is 20.7. The second-order valence-corrected chi connectivity index (χ2v) is 9.52. The third kappa shape index (κ3) is 5.93. The largest absolute Gasteiger partial charge is 0.397 e. The van der Waals surface area contributed by atoms with Crippen LogP contribution in [0.4, 0.5) is 11.6 Å². The van der Waals surface area contributed by atoms with Crippen LogP contribution in [-0.4, -0.2) is 66.4 Å². The number of hydrogen-bond donors (Lipinski definition) is 3. The molecule has 5 N–H and O–H groups in total. The highest BCUT2D eigenvalue weighted by Crippen LogP contribution is 2.25. The van der Waals surface area contributed by atoms with Gasteiger partial charge in [-0.25, -0.2) is 15.8 Å². The number of fused-ring (bicyclic) bond motifs is 1. The van der Waals surface area contributed by atoms with Gasteiger partial charge in [0, 0.05) is 68.5 Å². The monoisotopic (exact) mass is 468 g/mol. The number of piperazine rings is 1. The Kier molecular flexibility index (Phi) is 7.00. The van der Waals surface area contributed by atoms with E-state index in [-0.39, 0.29) is 5.44 Å². The van der Waals surface area contributed by atoms with E-state index in [1.54, 1.807) is 13.2 Å². The first-order chi connectivity index (χ1) is 16.6. The summed E-state index contributed by atoms with van der Waals surface area (Å²) in [6.07, 6.45) is 5.33.